The Labute approximate surface area is 149 Å². The van der Waals surface area contributed by atoms with Crippen LogP contribution in [0.3, 0.4) is 0 Å². The summed E-state index contributed by atoms with van der Waals surface area (Å²) in [7, 11) is -1.78. The zero-order valence-electron chi connectivity index (χ0n) is 16.4. The molecule has 0 radical (unpaired) electrons. The fraction of sp³-hybridized carbons (Fsp3) is 0.571. The minimum absolute atomic E-state index is 0.0744. The van der Waals surface area contributed by atoms with Gasteiger partial charge >= 0.3 is 0 Å². The molecule has 0 unspecified atom stereocenters. The molecule has 0 amide bonds. The molecule has 0 aliphatic heterocycles. The van der Waals surface area contributed by atoms with Crippen molar-refractivity contribution in [3.63, 3.8) is 0 Å². The van der Waals surface area contributed by atoms with Crippen LogP contribution in [0.5, 0.6) is 0 Å². The maximum absolute atomic E-state index is 11.1. The van der Waals surface area contributed by atoms with E-state index in [2.05, 4.69) is 53.7 Å². The van der Waals surface area contributed by atoms with Crippen LogP contribution in [-0.2, 0) is 15.6 Å². The molecule has 0 fully saturated rings. The van der Waals surface area contributed by atoms with Gasteiger partial charge in [-0.1, -0.05) is 71.9 Å². The topological polar surface area (TPSA) is 26.3 Å². The van der Waals surface area contributed by atoms with E-state index in [0.717, 1.165) is 18.6 Å². The first-order valence-electron chi connectivity index (χ1n) is 9.11. The van der Waals surface area contributed by atoms with Crippen LogP contribution in [-0.4, -0.2) is 20.7 Å². The summed E-state index contributed by atoms with van der Waals surface area (Å²) in [6.45, 7) is 16.3. The summed E-state index contributed by atoms with van der Waals surface area (Å²) in [5.74, 6) is 0.0744. The molecule has 0 N–H and O–H groups in total. The number of hydrogen-bond acceptors (Lipinski definition) is 2. The molecule has 24 heavy (non-hydrogen) atoms. The second kappa shape index (κ2) is 9.33. The average molecular weight is 347 g/mol. The molecule has 0 saturated heterocycles. The van der Waals surface area contributed by atoms with Crippen LogP contribution in [0.4, 0.5) is 0 Å². The van der Waals surface area contributed by atoms with E-state index >= 15 is 0 Å². The summed E-state index contributed by atoms with van der Waals surface area (Å²) in [6, 6.07) is 8.36. The van der Waals surface area contributed by atoms with Gasteiger partial charge in [-0.05, 0) is 47.2 Å². The van der Waals surface area contributed by atoms with Crippen LogP contribution in [0.2, 0.25) is 16.6 Å². The van der Waals surface area contributed by atoms with E-state index in [9.17, 15) is 4.79 Å². The van der Waals surface area contributed by atoms with Gasteiger partial charge in [-0.25, -0.2) is 0 Å². The largest absolute Gasteiger partial charge is 0.416 e. The van der Waals surface area contributed by atoms with E-state index in [1.165, 1.54) is 5.56 Å². The molecule has 0 bridgehead atoms. The molecule has 0 saturated carbocycles. The van der Waals surface area contributed by atoms with Crippen LogP contribution in [0, 0.1) is 0 Å². The molecule has 1 rings (SSSR count). The van der Waals surface area contributed by atoms with Crippen molar-refractivity contribution in [2.24, 2.45) is 0 Å². The first-order chi connectivity index (χ1) is 11.2. The zero-order valence-corrected chi connectivity index (χ0v) is 17.4. The third-order valence-corrected chi connectivity index (χ3v) is 11.0. The standard InChI is InChI=1S/C21H34O2Si/c1-16(2)24(17(3)4,18(5)6)23-14-13-21-10-8-9-20(15-21)12-11-19(7)22/h8-12,15-18H,13-14H2,1-7H3/b12-11+. The SMILES string of the molecule is CC(=O)/C=C/c1cccc(CCO[Si](C(C)C)(C(C)C)C(C)C)c1. The van der Waals surface area contributed by atoms with Crippen LogP contribution in [0.25, 0.3) is 6.08 Å². The summed E-state index contributed by atoms with van der Waals surface area (Å²) in [6.07, 6.45) is 4.41. The Balaban J connectivity index is 2.78. The highest BCUT2D eigenvalue weighted by Crippen LogP contribution is 2.42. The lowest BCUT2D eigenvalue weighted by molar-refractivity contribution is -0.112. The summed E-state index contributed by atoms with van der Waals surface area (Å²) >= 11 is 0. The maximum Gasteiger partial charge on any atom is 0.200 e. The molecule has 0 spiro atoms. The van der Waals surface area contributed by atoms with Gasteiger partial charge in [-0.3, -0.25) is 4.79 Å². The molecule has 134 valence electrons. The Hall–Kier alpha value is -1.19. The van der Waals surface area contributed by atoms with Gasteiger partial charge in [0.2, 0.25) is 0 Å². The van der Waals surface area contributed by atoms with Crippen molar-refractivity contribution in [2.75, 3.05) is 6.61 Å². The van der Waals surface area contributed by atoms with Gasteiger partial charge in [-0.2, -0.15) is 0 Å². The molecular weight excluding hydrogens is 312 g/mol. The van der Waals surface area contributed by atoms with Crippen LogP contribution in [0.15, 0.2) is 30.3 Å². The number of hydrogen-bond donors (Lipinski definition) is 0. The van der Waals surface area contributed by atoms with E-state index in [1.54, 1.807) is 13.0 Å². The van der Waals surface area contributed by atoms with Crippen molar-refractivity contribution in [1.29, 1.82) is 0 Å². The van der Waals surface area contributed by atoms with Gasteiger partial charge in [0, 0.05) is 6.61 Å². The second-order valence-corrected chi connectivity index (χ2v) is 13.1. The van der Waals surface area contributed by atoms with E-state index in [4.69, 9.17) is 4.43 Å². The van der Waals surface area contributed by atoms with E-state index < -0.39 is 8.32 Å². The van der Waals surface area contributed by atoms with E-state index in [0.29, 0.717) is 16.6 Å². The summed E-state index contributed by atoms with van der Waals surface area (Å²) < 4.78 is 6.62. The maximum atomic E-state index is 11.1. The molecule has 1 aromatic carbocycles. The Bertz CT molecular complexity index is 537. The molecule has 1 aromatic rings. The number of carbonyl (C=O) groups excluding carboxylic acids is 1. The Kier molecular flexibility index (Phi) is 8.11. The van der Waals surface area contributed by atoms with Gasteiger partial charge in [0.05, 0.1) is 0 Å². The highest BCUT2D eigenvalue weighted by molar-refractivity contribution is 6.77. The monoisotopic (exact) mass is 346 g/mol. The van der Waals surface area contributed by atoms with Gasteiger partial charge < -0.3 is 4.43 Å². The Morgan fingerprint density at radius 2 is 1.67 bits per heavy atom. The minimum atomic E-state index is -1.78. The Morgan fingerprint density at radius 1 is 1.08 bits per heavy atom. The van der Waals surface area contributed by atoms with E-state index in [-0.39, 0.29) is 5.78 Å². The lowest BCUT2D eigenvalue weighted by Gasteiger charge is -2.42. The molecule has 2 nitrogen and oxygen atoms in total. The fourth-order valence-corrected chi connectivity index (χ4v) is 9.37. The van der Waals surface area contributed by atoms with Crippen molar-refractivity contribution in [1.82, 2.24) is 0 Å². The first-order valence-corrected chi connectivity index (χ1v) is 11.3. The molecular formula is C21H34O2Si. The van der Waals surface area contributed by atoms with Crippen molar-refractivity contribution >= 4 is 20.2 Å². The van der Waals surface area contributed by atoms with E-state index in [1.807, 2.05) is 18.2 Å². The lowest BCUT2D eigenvalue weighted by Crippen LogP contribution is -2.48. The molecule has 0 aliphatic rings. The predicted octanol–water partition coefficient (Wildman–Crippen LogP) is 6.02. The minimum Gasteiger partial charge on any atom is -0.416 e. The molecule has 3 heteroatoms. The molecule has 0 atom stereocenters. The predicted molar refractivity (Wildman–Crippen MR) is 107 cm³/mol. The van der Waals surface area contributed by atoms with Crippen molar-refractivity contribution in [3.8, 4) is 0 Å². The summed E-state index contributed by atoms with van der Waals surface area (Å²) in [5.41, 5.74) is 4.18. The Morgan fingerprint density at radius 3 is 2.17 bits per heavy atom. The number of allylic oxidation sites excluding steroid dienone is 1. The molecule has 0 aliphatic carbocycles. The number of rotatable bonds is 9. The summed E-state index contributed by atoms with van der Waals surface area (Å²) in [5, 5.41) is 0. The fourth-order valence-electron chi connectivity index (χ4n) is 3.91. The smallest absolute Gasteiger partial charge is 0.200 e. The van der Waals surface area contributed by atoms with Crippen molar-refractivity contribution in [2.45, 2.75) is 71.5 Å². The normalized spacial score (nSPS) is 12.8. The third kappa shape index (κ3) is 5.42. The third-order valence-electron chi connectivity index (χ3n) is 4.91. The van der Waals surface area contributed by atoms with Crippen LogP contribution < -0.4 is 0 Å². The molecule has 0 heterocycles. The van der Waals surface area contributed by atoms with Gasteiger partial charge in [0.1, 0.15) is 0 Å². The van der Waals surface area contributed by atoms with Gasteiger partial charge in [0.15, 0.2) is 14.1 Å². The quantitative estimate of drug-likeness (QED) is 0.403. The number of benzene rings is 1. The van der Waals surface area contributed by atoms with Crippen molar-refractivity contribution in [3.05, 3.63) is 41.5 Å². The van der Waals surface area contributed by atoms with Crippen molar-refractivity contribution < 1.29 is 9.22 Å². The second-order valence-electron chi connectivity index (χ2n) is 7.61. The lowest BCUT2D eigenvalue weighted by atomic mass is 10.1. The number of ketones is 1. The van der Waals surface area contributed by atoms with Gasteiger partial charge in [0.25, 0.3) is 0 Å². The highest BCUT2D eigenvalue weighted by Gasteiger charge is 2.44. The average Bonchev–Trinajstić information content (AvgIpc) is 2.48. The first kappa shape index (κ1) is 20.9. The molecule has 0 aromatic heterocycles. The van der Waals surface area contributed by atoms with Crippen LogP contribution >= 0.6 is 0 Å². The number of carbonyl (C=O) groups is 1. The van der Waals surface area contributed by atoms with Crippen LogP contribution in [0.1, 0.15) is 59.6 Å². The summed E-state index contributed by atoms with van der Waals surface area (Å²) in [4.78, 5) is 11.1. The zero-order chi connectivity index (χ0) is 18.3. The highest BCUT2D eigenvalue weighted by atomic mass is 28.4. The van der Waals surface area contributed by atoms with Gasteiger partial charge in [-0.15, -0.1) is 0 Å².